The van der Waals surface area contributed by atoms with Crippen LogP contribution in [0, 0.1) is 11.3 Å². The second-order valence-corrected chi connectivity index (χ2v) is 6.72. The molecule has 0 aliphatic carbocycles. The summed E-state index contributed by atoms with van der Waals surface area (Å²) in [5.41, 5.74) is 2.61. The fraction of sp³-hybridized carbons (Fsp3) is 0.261. The van der Waals surface area contributed by atoms with E-state index >= 15 is 0 Å². The Morgan fingerprint density at radius 2 is 2.03 bits per heavy atom. The minimum atomic E-state index is -0.224. The fourth-order valence-corrected chi connectivity index (χ4v) is 3.15. The van der Waals surface area contributed by atoms with E-state index in [9.17, 15) is 9.59 Å². The Morgan fingerprint density at radius 3 is 2.70 bits per heavy atom. The lowest BCUT2D eigenvalue weighted by atomic mass is 10.1. The van der Waals surface area contributed by atoms with Gasteiger partial charge in [0.05, 0.1) is 7.11 Å². The predicted octanol–water partition coefficient (Wildman–Crippen LogP) is 3.05. The standard InChI is InChI=1S/C23H23N3O4/c1-29-21-15-17(6-10-20(21)30-14-12-24)7-11-22(27)25-16-18-4-8-19(9-5-18)26-13-2-3-23(26)28/h4-11,15H,2-3,13-14,16H2,1H3,(H,25,27)/b11-7+. The molecule has 2 amide bonds. The summed E-state index contributed by atoms with van der Waals surface area (Å²) in [6.07, 6.45) is 4.62. The average Bonchev–Trinajstić information content (AvgIpc) is 3.21. The highest BCUT2D eigenvalue weighted by Gasteiger charge is 2.21. The van der Waals surface area contributed by atoms with Crippen molar-refractivity contribution >= 4 is 23.6 Å². The van der Waals surface area contributed by atoms with Gasteiger partial charge >= 0.3 is 0 Å². The zero-order chi connectivity index (χ0) is 21.3. The summed E-state index contributed by atoms with van der Waals surface area (Å²) in [5, 5.41) is 11.4. The van der Waals surface area contributed by atoms with Crippen LogP contribution >= 0.6 is 0 Å². The number of anilines is 1. The number of amides is 2. The zero-order valence-corrected chi connectivity index (χ0v) is 16.8. The van der Waals surface area contributed by atoms with Gasteiger partial charge in [-0.3, -0.25) is 9.59 Å². The molecule has 3 rings (SSSR count). The van der Waals surface area contributed by atoms with E-state index in [1.54, 1.807) is 29.2 Å². The van der Waals surface area contributed by atoms with Crippen LogP contribution in [0.2, 0.25) is 0 Å². The second-order valence-electron chi connectivity index (χ2n) is 6.72. The summed E-state index contributed by atoms with van der Waals surface area (Å²) in [6, 6.07) is 14.7. The third kappa shape index (κ3) is 5.39. The third-order valence-corrected chi connectivity index (χ3v) is 4.70. The lowest BCUT2D eigenvalue weighted by Gasteiger charge is -2.15. The Kier molecular flexibility index (Phi) is 7.06. The summed E-state index contributed by atoms with van der Waals surface area (Å²) in [6.45, 7) is 1.08. The zero-order valence-electron chi connectivity index (χ0n) is 16.8. The van der Waals surface area contributed by atoms with Crippen molar-refractivity contribution < 1.29 is 19.1 Å². The molecule has 0 saturated carbocycles. The van der Waals surface area contributed by atoms with Crippen LogP contribution in [0.25, 0.3) is 6.08 Å². The molecule has 7 heteroatoms. The van der Waals surface area contributed by atoms with E-state index in [4.69, 9.17) is 14.7 Å². The van der Waals surface area contributed by atoms with Crippen LogP contribution in [0.4, 0.5) is 5.69 Å². The minimum Gasteiger partial charge on any atom is -0.493 e. The van der Waals surface area contributed by atoms with Crippen molar-refractivity contribution in [2.24, 2.45) is 0 Å². The largest absolute Gasteiger partial charge is 0.493 e. The molecule has 30 heavy (non-hydrogen) atoms. The molecule has 154 valence electrons. The number of benzene rings is 2. The van der Waals surface area contributed by atoms with E-state index in [1.165, 1.54) is 13.2 Å². The molecule has 2 aromatic carbocycles. The molecule has 1 aliphatic heterocycles. The molecule has 1 saturated heterocycles. The number of ether oxygens (including phenoxy) is 2. The summed E-state index contributed by atoms with van der Waals surface area (Å²) in [5.74, 6) is 0.893. The van der Waals surface area contributed by atoms with Crippen molar-refractivity contribution in [3.05, 3.63) is 59.7 Å². The number of methoxy groups -OCH3 is 1. The summed E-state index contributed by atoms with van der Waals surface area (Å²) in [7, 11) is 1.51. The molecule has 1 heterocycles. The van der Waals surface area contributed by atoms with Crippen LogP contribution in [-0.4, -0.2) is 32.1 Å². The van der Waals surface area contributed by atoms with Crippen molar-refractivity contribution in [3.63, 3.8) is 0 Å². The lowest BCUT2D eigenvalue weighted by Crippen LogP contribution is -2.23. The number of rotatable bonds is 8. The van der Waals surface area contributed by atoms with Crippen molar-refractivity contribution in [1.29, 1.82) is 5.26 Å². The SMILES string of the molecule is COc1cc(/C=C/C(=O)NCc2ccc(N3CCCC3=O)cc2)ccc1OCC#N. The van der Waals surface area contributed by atoms with Gasteiger partial charge in [0.1, 0.15) is 6.07 Å². The van der Waals surface area contributed by atoms with Crippen LogP contribution < -0.4 is 19.7 Å². The highest BCUT2D eigenvalue weighted by molar-refractivity contribution is 5.95. The molecule has 0 bridgehead atoms. The van der Waals surface area contributed by atoms with Gasteiger partial charge in [-0.2, -0.15) is 5.26 Å². The van der Waals surface area contributed by atoms with Gasteiger partial charge in [0.25, 0.3) is 0 Å². The van der Waals surface area contributed by atoms with Gasteiger partial charge in [-0.25, -0.2) is 0 Å². The molecule has 0 unspecified atom stereocenters. The third-order valence-electron chi connectivity index (χ3n) is 4.70. The Morgan fingerprint density at radius 1 is 1.23 bits per heavy atom. The molecule has 0 atom stereocenters. The molecule has 2 aromatic rings. The molecular weight excluding hydrogens is 382 g/mol. The average molecular weight is 405 g/mol. The first-order valence-corrected chi connectivity index (χ1v) is 9.63. The maximum atomic E-state index is 12.1. The molecule has 1 fully saturated rings. The molecule has 7 nitrogen and oxygen atoms in total. The van der Waals surface area contributed by atoms with E-state index in [-0.39, 0.29) is 18.4 Å². The van der Waals surface area contributed by atoms with Gasteiger partial charge in [0.15, 0.2) is 18.1 Å². The lowest BCUT2D eigenvalue weighted by molar-refractivity contribution is -0.117. The molecule has 0 aromatic heterocycles. The maximum Gasteiger partial charge on any atom is 0.244 e. The minimum absolute atomic E-state index is 0.0662. The quantitative estimate of drug-likeness (QED) is 0.682. The Labute approximate surface area is 175 Å². The van der Waals surface area contributed by atoms with Gasteiger partial charge in [-0.05, 0) is 47.9 Å². The van der Waals surface area contributed by atoms with Gasteiger partial charge in [-0.15, -0.1) is 0 Å². The van der Waals surface area contributed by atoms with Crippen LogP contribution in [0.1, 0.15) is 24.0 Å². The van der Waals surface area contributed by atoms with Crippen molar-refractivity contribution in [2.45, 2.75) is 19.4 Å². The van der Waals surface area contributed by atoms with Crippen LogP contribution in [0.5, 0.6) is 11.5 Å². The number of hydrogen-bond donors (Lipinski definition) is 1. The highest BCUT2D eigenvalue weighted by atomic mass is 16.5. The number of hydrogen-bond acceptors (Lipinski definition) is 5. The second kappa shape index (κ2) is 10.1. The number of carbonyl (C=O) groups is 2. The first-order valence-electron chi connectivity index (χ1n) is 9.63. The maximum absolute atomic E-state index is 12.1. The molecule has 1 aliphatic rings. The Balaban J connectivity index is 1.53. The van der Waals surface area contributed by atoms with Gasteiger partial charge in [0, 0.05) is 31.3 Å². The topological polar surface area (TPSA) is 91.7 Å². The fourth-order valence-electron chi connectivity index (χ4n) is 3.15. The van der Waals surface area contributed by atoms with E-state index in [0.717, 1.165) is 29.8 Å². The van der Waals surface area contributed by atoms with Gasteiger partial charge < -0.3 is 19.7 Å². The monoisotopic (exact) mass is 405 g/mol. The van der Waals surface area contributed by atoms with Crippen molar-refractivity contribution in [2.75, 3.05) is 25.2 Å². The highest BCUT2D eigenvalue weighted by Crippen LogP contribution is 2.28. The normalized spacial score (nSPS) is 13.3. The molecule has 0 spiro atoms. The van der Waals surface area contributed by atoms with Crippen molar-refractivity contribution in [1.82, 2.24) is 5.32 Å². The number of nitriles is 1. The summed E-state index contributed by atoms with van der Waals surface area (Å²) >= 11 is 0. The van der Waals surface area contributed by atoms with Gasteiger partial charge in [-0.1, -0.05) is 18.2 Å². The predicted molar refractivity (Wildman–Crippen MR) is 113 cm³/mol. The van der Waals surface area contributed by atoms with Crippen LogP contribution in [-0.2, 0) is 16.1 Å². The molecule has 0 radical (unpaired) electrons. The van der Waals surface area contributed by atoms with Crippen LogP contribution in [0.3, 0.4) is 0 Å². The molecule has 1 N–H and O–H groups in total. The van der Waals surface area contributed by atoms with E-state index < -0.39 is 0 Å². The first kappa shape index (κ1) is 20.9. The van der Waals surface area contributed by atoms with Gasteiger partial charge in [0.2, 0.25) is 11.8 Å². The van der Waals surface area contributed by atoms with E-state index in [2.05, 4.69) is 5.32 Å². The first-order chi connectivity index (χ1) is 14.6. The van der Waals surface area contributed by atoms with Crippen molar-refractivity contribution in [3.8, 4) is 17.6 Å². The number of carbonyl (C=O) groups excluding carboxylic acids is 2. The summed E-state index contributed by atoms with van der Waals surface area (Å²) < 4.78 is 10.5. The van der Waals surface area contributed by atoms with E-state index in [0.29, 0.717) is 24.5 Å². The molecular formula is C23H23N3O4. The Hall–Kier alpha value is -3.79. The number of nitrogens with one attached hydrogen (secondary N) is 1. The van der Waals surface area contributed by atoms with Crippen LogP contribution in [0.15, 0.2) is 48.5 Å². The smallest absolute Gasteiger partial charge is 0.244 e. The summed E-state index contributed by atoms with van der Waals surface area (Å²) in [4.78, 5) is 25.7. The Bertz CT molecular complexity index is 977. The van der Waals surface area contributed by atoms with E-state index in [1.807, 2.05) is 30.3 Å². The number of nitrogens with zero attached hydrogens (tertiary/aromatic N) is 2.